The van der Waals surface area contributed by atoms with Crippen LogP contribution in [0.2, 0.25) is 5.02 Å². The van der Waals surface area contributed by atoms with E-state index in [4.69, 9.17) is 16.7 Å². The van der Waals surface area contributed by atoms with Crippen LogP contribution in [-0.2, 0) is 6.54 Å². The smallest absolute Gasteiger partial charge is 0.0549 e. The van der Waals surface area contributed by atoms with Crippen molar-refractivity contribution in [1.82, 2.24) is 9.91 Å². The Kier molecular flexibility index (Phi) is 5.19. The number of halogens is 1. The van der Waals surface area contributed by atoms with E-state index >= 15 is 0 Å². The molecule has 1 aliphatic heterocycles. The molecule has 0 unspecified atom stereocenters. The largest absolute Gasteiger partial charge is 0.295 e. The zero-order chi connectivity index (χ0) is 17.8. The number of hydrazone groups is 1. The molecule has 0 atom stereocenters. The van der Waals surface area contributed by atoms with Crippen LogP contribution in [0.3, 0.4) is 0 Å². The molecule has 0 spiro atoms. The maximum Gasteiger partial charge on any atom is 0.0549 e. The molecule has 3 nitrogen and oxygen atoms in total. The normalized spacial score (nSPS) is 15.8. The van der Waals surface area contributed by atoms with Gasteiger partial charge in [0.25, 0.3) is 0 Å². The molecule has 4 heteroatoms. The van der Waals surface area contributed by atoms with Crippen molar-refractivity contribution in [3.05, 3.63) is 82.9 Å². The van der Waals surface area contributed by atoms with Crippen molar-refractivity contribution < 1.29 is 0 Å². The van der Waals surface area contributed by atoms with Crippen LogP contribution in [0.15, 0.2) is 71.8 Å². The Hall–Kier alpha value is -2.36. The minimum Gasteiger partial charge on any atom is -0.295 e. The third kappa shape index (κ3) is 4.06. The van der Waals surface area contributed by atoms with Crippen LogP contribution in [0.5, 0.6) is 0 Å². The Morgan fingerprint density at radius 1 is 0.846 bits per heavy atom. The predicted molar refractivity (Wildman–Crippen MR) is 110 cm³/mol. The lowest BCUT2D eigenvalue weighted by molar-refractivity contribution is 0.131. The third-order valence-corrected chi connectivity index (χ3v) is 5.10. The first-order valence-corrected chi connectivity index (χ1v) is 9.39. The minimum atomic E-state index is 0.793. The fraction of sp³-hybridized carbons (Fsp3) is 0.227. The number of nitrogens with zero attached hydrogens (tertiary/aromatic N) is 3. The summed E-state index contributed by atoms with van der Waals surface area (Å²) in [5.41, 5.74) is 2.48. The van der Waals surface area contributed by atoms with Gasteiger partial charge in [-0.2, -0.15) is 5.10 Å². The molecule has 1 heterocycles. The van der Waals surface area contributed by atoms with E-state index in [1.54, 1.807) is 0 Å². The highest BCUT2D eigenvalue weighted by Crippen LogP contribution is 2.17. The van der Waals surface area contributed by atoms with Crippen LogP contribution < -0.4 is 0 Å². The van der Waals surface area contributed by atoms with Crippen molar-refractivity contribution >= 4 is 28.6 Å². The first-order chi connectivity index (χ1) is 12.8. The number of hydrogen-bond donors (Lipinski definition) is 0. The van der Waals surface area contributed by atoms with Crippen molar-refractivity contribution in [1.29, 1.82) is 0 Å². The van der Waals surface area contributed by atoms with E-state index in [2.05, 4.69) is 64.5 Å². The maximum atomic E-state index is 5.96. The molecule has 0 aromatic heterocycles. The van der Waals surface area contributed by atoms with Crippen LogP contribution in [0.1, 0.15) is 11.1 Å². The second-order valence-electron chi connectivity index (χ2n) is 6.67. The molecule has 4 rings (SSSR count). The van der Waals surface area contributed by atoms with Gasteiger partial charge in [-0.25, -0.2) is 0 Å². The molecular formula is C22H22ClN3. The summed E-state index contributed by atoms with van der Waals surface area (Å²) in [7, 11) is 0. The van der Waals surface area contributed by atoms with Crippen LogP contribution in [0.4, 0.5) is 0 Å². The Labute approximate surface area is 159 Å². The summed E-state index contributed by atoms with van der Waals surface area (Å²) in [6, 6.07) is 22.9. The van der Waals surface area contributed by atoms with Crippen LogP contribution in [0.25, 0.3) is 10.8 Å². The minimum absolute atomic E-state index is 0.793. The molecule has 3 aromatic rings. The lowest BCUT2D eigenvalue weighted by Crippen LogP contribution is -2.43. The van der Waals surface area contributed by atoms with Crippen LogP contribution >= 0.6 is 11.6 Å². The molecule has 132 valence electrons. The fourth-order valence-corrected chi connectivity index (χ4v) is 3.49. The summed E-state index contributed by atoms with van der Waals surface area (Å²) in [6.45, 7) is 4.92. The zero-order valence-electron chi connectivity index (χ0n) is 14.7. The molecule has 1 fully saturated rings. The highest BCUT2D eigenvalue weighted by Gasteiger charge is 2.15. The molecule has 0 saturated carbocycles. The molecule has 1 aliphatic rings. The highest BCUT2D eigenvalue weighted by molar-refractivity contribution is 6.30. The van der Waals surface area contributed by atoms with Crippen LogP contribution in [0, 0.1) is 0 Å². The maximum absolute atomic E-state index is 5.96. The first kappa shape index (κ1) is 17.1. The Morgan fingerprint density at radius 3 is 2.38 bits per heavy atom. The summed E-state index contributed by atoms with van der Waals surface area (Å²) < 4.78 is 0. The lowest BCUT2D eigenvalue weighted by atomic mass is 10.1. The van der Waals surface area contributed by atoms with E-state index in [9.17, 15) is 0 Å². The SMILES string of the molecule is Clc1ccc(CN2CCN(/N=C/c3cccc4ccccc34)CC2)cc1. The Bertz CT molecular complexity index is 891. The van der Waals surface area contributed by atoms with Gasteiger partial charge in [-0.05, 0) is 28.5 Å². The number of rotatable bonds is 4. The van der Waals surface area contributed by atoms with Crippen molar-refractivity contribution in [2.45, 2.75) is 6.54 Å². The Balaban J connectivity index is 1.36. The van der Waals surface area contributed by atoms with Crippen molar-refractivity contribution in [2.24, 2.45) is 5.10 Å². The summed E-state index contributed by atoms with van der Waals surface area (Å²) in [5.74, 6) is 0. The van der Waals surface area contributed by atoms with Gasteiger partial charge < -0.3 is 0 Å². The van der Waals surface area contributed by atoms with Gasteiger partial charge in [0, 0.05) is 43.3 Å². The number of hydrogen-bond acceptors (Lipinski definition) is 3. The van der Waals surface area contributed by atoms with Crippen molar-refractivity contribution in [3.8, 4) is 0 Å². The highest BCUT2D eigenvalue weighted by atomic mass is 35.5. The summed E-state index contributed by atoms with van der Waals surface area (Å²) in [4.78, 5) is 2.47. The number of fused-ring (bicyclic) bond motifs is 1. The van der Waals surface area contributed by atoms with Gasteiger partial charge in [0.05, 0.1) is 6.21 Å². The number of benzene rings is 3. The molecule has 26 heavy (non-hydrogen) atoms. The fourth-order valence-electron chi connectivity index (χ4n) is 3.37. The second kappa shape index (κ2) is 7.90. The summed E-state index contributed by atoms with van der Waals surface area (Å²) >= 11 is 5.96. The zero-order valence-corrected chi connectivity index (χ0v) is 15.4. The molecule has 0 amide bonds. The van der Waals surface area contributed by atoms with Gasteiger partial charge in [0.15, 0.2) is 0 Å². The summed E-state index contributed by atoms with van der Waals surface area (Å²) in [6.07, 6.45) is 2.00. The molecule has 0 bridgehead atoms. The van der Waals surface area contributed by atoms with Crippen molar-refractivity contribution in [2.75, 3.05) is 26.2 Å². The first-order valence-electron chi connectivity index (χ1n) is 9.01. The molecule has 3 aromatic carbocycles. The predicted octanol–water partition coefficient (Wildman–Crippen LogP) is 4.64. The topological polar surface area (TPSA) is 18.8 Å². The van der Waals surface area contributed by atoms with Gasteiger partial charge in [0.1, 0.15) is 0 Å². The van der Waals surface area contributed by atoms with E-state index in [-0.39, 0.29) is 0 Å². The lowest BCUT2D eigenvalue weighted by Gasteiger charge is -2.33. The monoisotopic (exact) mass is 363 g/mol. The second-order valence-corrected chi connectivity index (χ2v) is 7.11. The quantitative estimate of drug-likeness (QED) is 0.628. The van der Waals surface area contributed by atoms with E-state index < -0.39 is 0 Å². The molecule has 0 aliphatic carbocycles. The van der Waals surface area contributed by atoms with E-state index in [1.807, 2.05) is 18.3 Å². The van der Waals surface area contributed by atoms with Crippen LogP contribution in [-0.4, -0.2) is 42.3 Å². The molecule has 1 saturated heterocycles. The van der Waals surface area contributed by atoms with E-state index in [0.29, 0.717) is 0 Å². The van der Waals surface area contributed by atoms with Gasteiger partial charge in [0.2, 0.25) is 0 Å². The average Bonchev–Trinajstić information content (AvgIpc) is 2.69. The van der Waals surface area contributed by atoms with Gasteiger partial charge >= 0.3 is 0 Å². The molecular weight excluding hydrogens is 342 g/mol. The van der Waals surface area contributed by atoms with E-state index in [0.717, 1.165) is 37.7 Å². The molecule has 0 N–H and O–H groups in total. The van der Waals surface area contributed by atoms with Crippen molar-refractivity contribution in [3.63, 3.8) is 0 Å². The summed E-state index contributed by atoms with van der Waals surface area (Å²) in [5, 5.41) is 10.2. The van der Waals surface area contributed by atoms with Gasteiger partial charge in [-0.1, -0.05) is 66.2 Å². The van der Waals surface area contributed by atoms with E-state index in [1.165, 1.54) is 21.9 Å². The third-order valence-electron chi connectivity index (χ3n) is 4.85. The standard InChI is InChI=1S/C22H22ClN3/c23-21-10-8-18(9-11-21)17-25-12-14-26(15-13-25)24-16-20-6-3-5-19-4-1-2-7-22(19)20/h1-11,16H,12-15,17H2/b24-16+. The molecule has 0 radical (unpaired) electrons. The van der Waals surface area contributed by atoms with Gasteiger partial charge in [-0.3, -0.25) is 9.91 Å². The number of piperazine rings is 1. The average molecular weight is 364 g/mol. The van der Waals surface area contributed by atoms with Gasteiger partial charge in [-0.15, -0.1) is 0 Å². The Morgan fingerprint density at radius 2 is 1.58 bits per heavy atom.